The van der Waals surface area contributed by atoms with Gasteiger partial charge in [-0.1, -0.05) is 30.3 Å². The van der Waals surface area contributed by atoms with Crippen LogP contribution in [0.5, 0.6) is 0 Å². The Morgan fingerprint density at radius 3 is 2.30 bits per heavy atom. The van der Waals surface area contributed by atoms with E-state index in [0.29, 0.717) is 35.7 Å². The molecule has 0 spiro atoms. The Labute approximate surface area is 176 Å². The summed E-state index contributed by atoms with van der Waals surface area (Å²) in [5, 5.41) is 8.18. The summed E-state index contributed by atoms with van der Waals surface area (Å²) in [7, 11) is 1.95. The number of aryl methyl sites for hydroxylation is 3. The lowest BCUT2D eigenvalue weighted by molar-refractivity contribution is 0.0706. The first-order valence-electron chi connectivity index (χ1n) is 10.3. The highest BCUT2D eigenvalue weighted by atomic mass is 16.2. The number of nitrogens with zero attached hydrogens (tertiary/aromatic N) is 4. The summed E-state index contributed by atoms with van der Waals surface area (Å²) in [5.41, 5.74) is 3.75. The zero-order chi connectivity index (χ0) is 21.3. The van der Waals surface area contributed by atoms with Gasteiger partial charge in [-0.25, -0.2) is 0 Å². The van der Waals surface area contributed by atoms with Crippen LogP contribution in [0, 0.1) is 13.8 Å². The van der Waals surface area contributed by atoms with E-state index in [1.807, 2.05) is 60.7 Å². The van der Waals surface area contributed by atoms with Crippen molar-refractivity contribution in [3.63, 3.8) is 0 Å². The van der Waals surface area contributed by atoms with Gasteiger partial charge in [-0.2, -0.15) is 0 Å². The predicted molar refractivity (Wildman–Crippen MR) is 115 cm³/mol. The fourth-order valence-electron chi connectivity index (χ4n) is 4.08. The van der Waals surface area contributed by atoms with Gasteiger partial charge in [-0.15, -0.1) is 10.2 Å². The van der Waals surface area contributed by atoms with Crippen molar-refractivity contribution in [2.75, 3.05) is 13.1 Å². The van der Waals surface area contributed by atoms with Crippen molar-refractivity contribution in [3.8, 4) is 0 Å². The largest absolute Gasteiger partial charge is 0.339 e. The molecule has 1 fully saturated rings. The summed E-state index contributed by atoms with van der Waals surface area (Å²) >= 11 is 0. The van der Waals surface area contributed by atoms with E-state index in [1.165, 1.54) is 0 Å². The molecule has 0 bridgehead atoms. The first-order valence-corrected chi connectivity index (χ1v) is 10.3. The molecule has 30 heavy (non-hydrogen) atoms. The highest BCUT2D eigenvalue weighted by molar-refractivity contribution is 6.15. The molecule has 1 aliphatic rings. The standard InChI is InChI=1S/C24H26N4O2/c1-16-8-9-19(14-17(16)2)22(29)20-6-4-5-7-21(20)24(30)28-12-10-18(11-13-28)23-26-25-15-27(23)3/h4-9,14-15,18H,10-13H2,1-3H3. The summed E-state index contributed by atoms with van der Waals surface area (Å²) < 4.78 is 1.94. The van der Waals surface area contributed by atoms with Gasteiger partial charge in [0.1, 0.15) is 12.2 Å². The van der Waals surface area contributed by atoms with Crippen LogP contribution in [-0.4, -0.2) is 44.4 Å². The third-order valence-electron chi connectivity index (χ3n) is 6.06. The van der Waals surface area contributed by atoms with E-state index in [-0.39, 0.29) is 11.7 Å². The number of piperidine rings is 1. The molecule has 0 unspecified atom stereocenters. The highest BCUT2D eigenvalue weighted by Gasteiger charge is 2.29. The second-order valence-corrected chi connectivity index (χ2v) is 8.04. The van der Waals surface area contributed by atoms with E-state index >= 15 is 0 Å². The lowest BCUT2D eigenvalue weighted by Crippen LogP contribution is -2.39. The fourth-order valence-corrected chi connectivity index (χ4v) is 4.08. The van der Waals surface area contributed by atoms with Crippen molar-refractivity contribution >= 4 is 11.7 Å². The molecule has 2 aromatic carbocycles. The Hall–Kier alpha value is -3.28. The number of benzene rings is 2. The molecule has 0 saturated carbocycles. The van der Waals surface area contributed by atoms with E-state index in [1.54, 1.807) is 18.5 Å². The van der Waals surface area contributed by atoms with Gasteiger partial charge in [0.25, 0.3) is 5.91 Å². The van der Waals surface area contributed by atoms with Gasteiger partial charge < -0.3 is 9.47 Å². The van der Waals surface area contributed by atoms with Crippen LogP contribution in [0.4, 0.5) is 0 Å². The molecular weight excluding hydrogens is 376 g/mol. The molecule has 1 saturated heterocycles. The zero-order valence-electron chi connectivity index (χ0n) is 17.6. The average molecular weight is 402 g/mol. The quantitative estimate of drug-likeness (QED) is 0.624. The Balaban J connectivity index is 1.53. The Bertz CT molecular complexity index is 1090. The van der Waals surface area contributed by atoms with E-state index < -0.39 is 0 Å². The van der Waals surface area contributed by atoms with E-state index in [4.69, 9.17) is 0 Å². The minimum atomic E-state index is -0.115. The highest BCUT2D eigenvalue weighted by Crippen LogP contribution is 2.28. The van der Waals surface area contributed by atoms with E-state index in [9.17, 15) is 9.59 Å². The SMILES string of the molecule is Cc1ccc(C(=O)c2ccccc2C(=O)N2CCC(c3nncn3C)CC2)cc1C. The maximum Gasteiger partial charge on any atom is 0.254 e. The van der Waals surface area contributed by atoms with E-state index in [2.05, 4.69) is 10.2 Å². The summed E-state index contributed by atoms with van der Waals surface area (Å²) in [6.07, 6.45) is 3.39. The van der Waals surface area contributed by atoms with Crippen LogP contribution in [0.15, 0.2) is 48.8 Å². The van der Waals surface area contributed by atoms with Crippen LogP contribution in [0.1, 0.15) is 62.0 Å². The number of likely N-dealkylation sites (tertiary alicyclic amines) is 1. The first-order chi connectivity index (χ1) is 14.5. The molecule has 1 aromatic heterocycles. The maximum atomic E-state index is 13.3. The molecule has 6 heteroatoms. The number of hydrogen-bond acceptors (Lipinski definition) is 4. The predicted octanol–water partition coefficient (Wildman–Crippen LogP) is 3.68. The molecule has 0 aliphatic carbocycles. The molecule has 0 radical (unpaired) electrons. The van der Waals surface area contributed by atoms with Crippen molar-refractivity contribution in [2.45, 2.75) is 32.6 Å². The number of carbonyl (C=O) groups excluding carboxylic acids is 2. The summed E-state index contributed by atoms with van der Waals surface area (Å²) in [5.74, 6) is 1.07. The molecule has 154 valence electrons. The van der Waals surface area contributed by atoms with Crippen molar-refractivity contribution in [3.05, 3.63) is 82.4 Å². The lowest BCUT2D eigenvalue weighted by Gasteiger charge is -2.32. The second kappa shape index (κ2) is 8.22. The fraction of sp³-hybridized carbons (Fsp3) is 0.333. The van der Waals surface area contributed by atoms with Gasteiger partial charge in [-0.05, 0) is 49.9 Å². The Morgan fingerprint density at radius 1 is 0.967 bits per heavy atom. The third kappa shape index (κ3) is 3.77. The van der Waals surface area contributed by atoms with Crippen molar-refractivity contribution in [2.24, 2.45) is 7.05 Å². The van der Waals surface area contributed by atoms with Crippen molar-refractivity contribution < 1.29 is 9.59 Å². The van der Waals surface area contributed by atoms with Crippen LogP contribution in [0.3, 0.4) is 0 Å². The lowest BCUT2D eigenvalue weighted by atomic mass is 9.93. The topological polar surface area (TPSA) is 68.1 Å². The normalized spacial score (nSPS) is 14.7. The Kier molecular flexibility index (Phi) is 5.48. The van der Waals surface area contributed by atoms with Crippen LogP contribution in [0.25, 0.3) is 0 Å². The average Bonchev–Trinajstić information content (AvgIpc) is 3.20. The minimum absolute atomic E-state index is 0.0841. The minimum Gasteiger partial charge on any atom is -0.339 e. The van der Waals surface area contributed by atoms with Gasteiger partial charge >= 0.3 is 0 Å². The number of carbonyl (C=O) groups is 2. The molecule has 6 nitrogen and oxygen atoms in total. The maximum absolute atomic E-state index is 13.3. The van der Waals surface area contributed by atoms with Gasteiger partial charge in [0.2, 0.25) is 0 Å². The molecule has 1 amide bonds. The number of hydrogen-bond donors (Lipinski definition) is 0. The molecule has 3 aromatic rings. The van der Waals surface area contributed by atoms with Gasteiger partial charge in [0, 0.05) is 37.2 Å². The van der Waals surface area contributed by atoms with Gasteiger partial charge in [0.05, 0.1) is 5.56 Å². The molecule has 0 atom stereocenters. The van der Waals surface area contributed by atoms with Crippen LogP contribution in [-0.2, 0) is 7.05 Å². The Morgan fingerprint density at radius 2 is 1.67 bits per heavy atom. The van der Waals surface area contributed by atoms with E-state index in [0.717, 1.165) is 29.8 Å². The third-order valence-corrected chi connectivity index (χ3v) is 6.06. The van der Waals surface area contributed by atoms with Crippen molar-refractivity contribution in [1.29, 1.82) is 0 Å². The first kappa shape index (κ1) is 20.0. The molecule has 2 heterocycles. The summed E-state index contributed by atoms with van der Waals surface area (Å²) in [6.45, 7) is 5.29. The number of ketones is 1. The zero-order valence-corrected chi connectivity index (χ0v) is 17.6. The van der Waals surface area contributed by atoms with Gasteiger partial charge in [-0.3, -0.25) is 9.59 Å². The smallest absolute Gasteiger partial charge is 0.254 e. The van der Waals surface area contributed by atoms with Crippen LogP contribution < -0.4 is 0 Å². The number of amides is 1. The summed E-state index contributed by atoms with van der Waals surface area (Å²) in [4.78, 5) is 28.3. The summed E-state index contributed by atoms with van der Waals surface area (Å²) in [6, 6.07) is 12.8. The monoisotopic (exact) mass is 402 g/mol. The molecular formula is C24H26N4O2. The molecule has 1 aliphatic heterocycles. The number of rotatable bonds is 4. The van der Waals surface area contributed by atoms with Gasteiger partial charge in [0.15, 0.2) is 5.78 Å². The van der Waals surface area contributed by atoms with Crippen molar-refractivity contribution in [1.82, 2.24) is 19.7 Å². The van der Waals surface area contributed by atoms with Crippen LogP contribution >= 0.6 is 0 Å². The second-order valence-electron chi connectivity index (χ2n) is 8.04. The molecule has 4 rings (SSSR count). The number of aromatic nitrogens is 3. The van der Waals surface area contributed by atoms with Crippen LogP contribution in [0.2, 0.25) is 0 Å². The molecule has 0 N–H and O–H groups in total.